The fourth-order valence-corrected chi connectivity index (χ4v) is 5.99. The van der Waals surface area contributed by atoms with Crippen LogP contribution in [0.2, 0.25) is 0 Å². The van der Waals surface area contributed by atoms with Crippen molar-refractivity contribution in [1.29, 1.82) is 0 Å². The maximum absolute atomic E-state index is 5.78. The Morgan fingerprint density at radius 2 is 1.55 bits per heavy atom. The van der Waals surface area contributed by atoms with Crippen molar-refractivity contribution in [2.75, 3.05) is 33.3 Å². The Hall–Kier alpha value is -1.99. The van der Waals surface area contributed by atoms with Gasteiger partial charge in [0.25, 0.3) is 0 Å². The Morgan fingerprint density at radius 1 is 0.871 bits per heavy atom. The van der Waals surface area contributed by atoms with Crippen LogP contribution in [-0.4, -0.2) is 69.3 Å². The largest absolute Gasteiger partial charge is 0.496 e. The zero-order valence-corrected chi connectivity index (χ0v) is 18.8. The summed E-state index contributed by atoms with van der Waals surface area (Å²) in [4.78, 5) is 5.31. The van der Waals surface area contributed by atoms with Crippen molar-refractivity contribution in [2.45, 2.75) is 75.9 Å². The summed E-state index contributed by atoms with van der Waals surface area (Å²) in [6.07, 6.45) is 11.8. The average molecular weight is 425 g/mol. The van der Waals surface area contributed by atoms with E-state index in [1.54, 1.807) is 7.11 Å². The molecule has 1 aliphatic heterocycles. The minimum atomic E-state index is 0.0280. The zero-order valence-electron chi connectivity index (χ0n) is 18.8. The molecular weight excluding hydrogens is 388 g/mol. The minimum absolute atomic E-state index is 0.0280. The second-order valence-corrected chi connectivity index (χ2v) is 9.43. The molecule has 1 aromatic heterocycles. The lowest BCUT2D eigenvalue weighted by molar-refractivity contribution is 0.0610. The van der Waals surface area contributed by atoms with Gasteiger partial charge in [0.15, 0.2) is 5.82 Å². The van der Waals surface area contributed by atoms with Crippen LogP contribution >= 0.6 is 0 Å². The van der Waals surface area contributed by atoms with Crippen LogP contribution in [0.25, 0.3) is 0 Å². The quantitative estimate of drug-likeness (QED) is 0.702. The van der Waals surface area contributed by atoms with Gasteiger partial charge in [0.05, 0.1) is 13.2 Å². The van der Waals surface area contributed by atoms with Gasteiger partial charge in [-0.05, 0) is 42.2 Å². The third-order valence-electron chi connectivity index (χ3n) is 7.67. The van der Waals surface area contributed by atoms with Crippen molar-refractivity contribution in [3.63, 3.8) is 0 Å². The first-order chi connectivity index (χ1) is 15.3. The van der Waals surface area contributed by atoms with Gasteiger partial charge in [-0.1, -0.05) is 50.3 Å². The van der Waals surface area contributed by atoms with Crippen LogP contribution in [0.15, 0.2) is 24.3 Å². The van der Waals surface area contributed by atoms with Gasteiger partial charge >= 0.3 is 0 Å². The summed E-state index contributed by atoms with van der Waals surface area (Å²) < 4.78 is 7.90. The highest BCUT2D eigenvalue weighted by atomic mass is 16.5. The van der Waals surface area contributed by atoms with Gasteiger partial charge in [-0.25, -0.2) is 4.68 Å². The van der Waals surface area contributed by atoms with Gasteiger partial charge in [0, 0.05) is 37.8 Å². The van der Waals surface area contributed by atoms with Gasteiger partial charge in [-0.15, -0.1) is 5.10 Å². The molecule has 0 N–H and O–H groups in total. The molecule has 2 saturated carbocycles. The molecule has 0 amide bonds. The number of para-hydroxylation sites is 1. The molecule has 31 heavy (non-hydrogen) atoms. The summed E-state index contributed by atoms with van der Waals surface area (Å²) in [6.45, 7) is 4.33. The molecule has 3 fully saturated rings. The van der Waals surface area contributed by atoms with Crippen molar-refractivity contribution in [1.82, 2.24) is 30.0 Å². The SMILES string of the molecule is COc1ccccc1C(c1nnnn1C1CCCC1)N1CCN(C2CCCCC2)CC1. The summed E-state index contributed by atoms with van der Waals surface area (Å²) in [5.74, 6) is 1.89. The minimum Gasteiger partial charge on any atom is -0.496 e. The molecule has 1 aromatic carbocycles. The molecular formula is C24H36N6O. The maximum Gasteiger partial charge on any atom is 0.173 e. The highest BCUT2D eigenvalue weighted by Crippen LogP contribution is 2.38. The molecule has 2 heterocycles. The number of rotatable bonds is 6. The summed E-state index contributed by atoms with van der Waals surface area (Å²) in [5.41, 5.74) is 1.17. The summed E-state index contributed by atoms with van der Waals surface area (Å²) in [6, 6.07) is 9.62. The smallest absolute Gasteiger partial charge is 0.173 e. The molecule has 0 bridgehead atoms. The maximum atomic E-state index is 5.78. The molecule has 3 aliphatic rings. The highest BCUT2D eigenvalue weighted by molar-refractivity contribution is 5.39. The van der Waals surface area contributed by atoms with Crippen molar-refractivity contribution < 1.29 is 4.74 Å². The van der Waals surface area contributed by atoms with E-state index < -0.39 is 0 Å². The van der Waals surface area contributed by atoms with E-state index in [1.165, 1.54) is 63.4 Å². The molecule has 7 heteroatoms. The fourth-order valence-electron chi connectivity index (χ4n) is 5.99. The van der Waals surface area contributed by atoms with Gasteiger partial charge in [-0.3, -0.25) is 9.80 Å². The lowest BCUT2D eigenvalue weighted by atomic mass is 9.93. The van der Waals surface area contributed by atoms with Crippen LogP contribution in [0.1, 0.15) is 81.3 Å². The van der Waals surface area contributed by atoms with E-state index >= 15 is 0 Å². The van der Waals surface area contributed by atoms with Crippen LogP contribution in [0, 0.1) is 0 Å². The molecule has 1 unspecified atom stereocenters. The number of hydrogen-bond donors (Lipinski definition) is 0. The number of methoxy groups -OCH3 is 1. The van der Waals surface area contributed by atoms with E-state index in [-0.39, 0.29) is 6.04 Å². The fraction of sp³-hybridized carbons (Fsp3) is 0.708. The number of hydrogen-bond acceptors (Lipinski definition) is 6. The Morgan fingerprint density at radius 3 is 2.29 bits per heavy atom. The van der Waals surface area contributed by atoms with Crippen molar-refractivity contribution in [2.24, 2.45) is 0 Å². The third kappa shape index (κ3) is 4.35. The van der Waals surface area contributed by atoms with E-state index in [0.29, 0.717) is 6.04 Å². The first-order valence-electron chi connectivity index (χ1n) is 12.2. The zero-order chi connectivity index (χ0) is 21.0. The van der Waals surface area contributed by atoms with Gasteiger partial charge < -0.3 is 4.74 Å². The lowest BCUT2D eigenvalue weighted by Gasteiger charge is -2.43. The molecule has 5 rings (SSSR count). The summed E-state index contributed by atoms with van der Waals surface area (Å²) in [7, 11) is 1.76. The van der Waals surface area contributed by atoms with E-state index in [1.807, 2.05) is 6.07 Å². The highest BCUT2D eigenvalue weighted by Gasteiger charge is 2.35. The number of piperazine rings is 1. The number of benzene rings is 1. The van der Waals surface area contributed by atoms with Crippen LogP contribution in [0.4, 0.5) is 0 Å². The first-order valence-corrected chi connectivity index (χ1v) is 12.2. The van der Waals surface area contributed by atoms with E-state index in [9.17, 15) is 0 Å². The Labute approximate surface area is 185 Å². The number of nitrogens with zero attached hydrogens (tertiary/aromatic N) is 6. The second-order valence-electron chi connectivity index (χ2n) is 9.43. The van der Waals surface area contributed by atoms with Crippen molar-refractivity contribution in [3.05, 3.63) is 35.7 Å². The number of tetrazole rings is 1. The van der Waals surface area contributed by atoms with Crippen LogP contribution in [0.3, 0.4) is 0 Å². The molecule has 2 aromatic rings. The first kappa shape index (κ1) is 20.9. The third-order valence-corrected chi connectivity index (χ3v) is 7.67. The van der Waals surface area contributed by atoms with Crippen molar-refractivity contribution in [3.8, 4) is 5.75 Å². The molecule has 0 spiro atoms. The molecule has 7 nitrogen and oxygen atoms in total. The monoisotopic (exact) mass is 424 g/mol. The van der Waals surface area contributed by atoms with Gasteiger partial charge in [0.1, 0.15) is 11.8 Å². The van der Waals surface area contributed by atoms with Gasteiger partial charge in [-0.2, -0.15) is 0 Å². The van der Waals surface area contributed by atoms with E-state index in [2.05, 4.69) is 48.2 Å². The Kier molecular flexibility index (Phi) is 6.50. The van der Waals surface area contributed by atoms with Crippen molar-refractivity contribution >= 4 is 0 Å². The number of aromatic nitrogens is 4. The van der Waals surface area contributed by atoms with Crippen LogP contribution < -0.4 is 4.74 Å². The van der Waals surface area contributed by atoms with Crippen LogP contribution in [0.5, 0.6) is 5.75 Å². The molecule has 168 valence electrons. The standard InChI is InChI=1S/C24H36N6O/c1-31-22-14-8-7-13-21(22)23(24-25-26-27-30(24)20-11-5-6-12-20)29-17-15-28(16-18-29)19-9-3-2-4-10-19/h7-8,13-14,19-20,23H,2-6,9-12,15-18H2,1H3. The summed E-state index contributed by atoms with van der Waals surface area (Å²) >= 11 is 0. The normalized spacial score (nSPS) is 23.3. The summed E-state index contributed by atoms with van der Waals surface area (Å²) in [5, 5.41) is 13.2. The average Bonchev–Trinajstić information content (AvgIpc) is 3.53. The van der Waals surface area contributed by atoms with E-state index in [4.69, 9.17) is 4.74 Å². The second kappa shape index (κ2) is 9.65. The molecule has 1 saturated heterocycles. The molecule has 1 atom stereocenters. The predicted octanol–water partition coefficient (Wildman–Crippen LogP) is 3.84. The molecule has 2 aliphatic carbocycles. The van der Waals surface area contributed by atoms with Crippen LogP contribution in [-0.2, 0) is 0 Å². The molecule has 0 radical (unpaired) electrons. The Bertz CT molecular complexity index is 834. The topological polar surface area (TPSA) is 59.3 Å². The van der Waals surface area contributed by atoms with Gasteiger partial charge in [0.2, 0.25) is 0 Å². The number of ether oxygens (including phenoxy) is 1. The predicted molar refractivity (Wildman–Crippen MR) is 120 cm³/mol. The lowest BCUT2D eigenvalue weighted by Crippen LogP contribution is -2.52. The Balaban J connectivity index is 1.42. The van der Waals surface area contributed by atoms with E-state index in [0.717, 1.165) is 43.8 Å².